The SMILES string of the molecule is CC1CNCCC1N1CCN2C(=O)NCC2C1. The van der Waals surface area contributed by atoms with Crippen LogP contribution in [0.4, 0.5) is 4.79 Å². The quantitative estimate of drug-likeness (QED) is 0.659. The molecule has 0 spiro atoms. The predicted octanol–water partition coefficient (Wildman–Crippen LogP) is -0.306. The van der Waals surface area contributed by atoms with Gasteiger partial charge in [0, 0.05) is 32.2 Å². The van der Waals surface area contributed by atoms with Gasteiger partial charge in [-0.05, 0) is 25.4 Å². The molecule has 3 saturated heterocycles. The van der Waals surface area contributed by atoms with Crippen LogP contribution in [-0.2, 0) is 0 Å². The molecule has 3 atom stereocenters. The second-order valence-electron chi connectivity index (χ2n) is 5.57. The Morgan fingerprint density at radius 2 is 2.18 bits per heavy atom. The molecule has 5 heteroatoms. The largest absolute Gasteiger partial charge is 0.336 e. The van der Waals surface area contributed by atoms with Gasteiger partial charge in [-0.1, -0.05) is 6.92 Å². The summed E-state index contributed by atoms with van der Waals surface area (Å²) in [7, 11) is 0. The van der Waals surface area contributed by atoms with Crippen LogP contribution >= 0.6 is 0 Å². The second kappa shape index (κ2) is 4.46. The number of hydrogen-bond acceptors (Lipinski definition) is 3. The Morgan fingerprint density at radius 3 is 3.00 bits per heavy atom. The van der Waals surface area contributed by atoms with Crippen molar-refractivity contribution in [1.29, 1.82) is 0 Å². The summed E-state index contributed by atoms with van der Waals surface area (Å²) in [5, 5.41) is 6.40. The zero-order valence-corrected chi connectivity index (χ0v) is 10.5. The van der Waals surface area contributed by atoms with E-state index in [1.54, 1.807) is 0 Å². The van der Waals surface area contributed by atoms with Gasteiger partial charge in [-0.3, -0.25) is 4.90 Å². The number of hydrogen-bond donors (Lipinski definition) is 2. The third-order valence-corrected chi connectivity index (χ3v) is 4.47. The lowest BCUT2D eigenvalue weighted by Crippen LogP contribution is -2.58. The molecule has 2 amide bonds. The van der Waals surface area contributed by atoms with Crippen molar-refractivity contribution in [3.05, 3.63) is 0 Å². The molecule has 0 saturated carbocycles. The van der Waals surface area contributed by atoms with E-state index >= 15 is 0 Å². The maximum atomic E-state index is 11.5. The van der Waals surface area contributed by atoms with Crippen molar-refractivity contribution in [2.24, 2.45) is 5.92 Å². The molecule has 3 aliphatic heterocycles. The van der Waals surface area contributed by atoms with Crippen LogP contribution < -0.4 is 10.6 Å². The van der Waals surface area contributed by atoms with Crippen LogP contribution in [0.15, 0.2) is 0 Å². The van der Waals surface area contributed by atoms with Crippen molar-refractivity contribution in [3.8, 4) is 0 Å². The Kier molecular flexibility index (Phi) is 2.96. The summed E-state index contributed by atoms with van der Waals surface area (Å²) < 4.78 is 0. The third-order valence-electron chi connectivity index (χ3n) is 4.47. The van der Waals surface area contributed by atoms with Crippen LogP contribution in [0.2, 0.25) is 0 Å². The number of piperidine rings is 1. The molecule has 3 fully saturated rings. The third kappa shape index (κ3) is 2.02. The second-order valence-corrected chi connectivity index (χ2v) is 5.57. The highest BCUT2D eigenvalue weighted by molar-refractivity contribution is 5.77. The number of nitrogens with zero attached hydrogens (tertiary/aromatic N) is 2. The van der Waals surface area contributed by atoms with Gasteiger partial charge in [-0.25, -0.2) is 4.79 Å². The topological polar surface area (TPSA) is 47.6 Å². The molecule has 17 heavy (non-hydrogen) atoms. The number of carbonyl (C=O) groups is 1. The van der Waals surface area contributed by atoms with Crippen LogP contribution in [0.25, 0.3) is 0 Å². The van der Waals surface area contributed by atoms with E-state index in [0.717, 1.165) is 45.2 Å². The normalized spacial score (nSPS) is 39.0. The molecule has 0 radical (unpaired) electrons. The van der Waals surface area contributed by atoms with E-state index in [-0.39, 0.29) is 6.03 Å². The average Bonchev–Trinajstić information content (AvgIpc) is 2.71. The van der Waals surface area contributed by atoms with Crippen LogP contribution in [0.3, 0.4) is 0 Å². The van der Waals surface area contributed by atoms with Crippen LogP contribution in [0.1, 0.15) is 13.3 Å². The molecule has 96 valence electrons. The summed E-state index contributed by atoms with van der Waals surface area (Å²) in [5.74, 6) is 0.723. The standard InChI is InChI=1S/C12H22N4O/c1-9-6-13-3-2-11(9)15-4-5-16-10(8-15)7-14-12(16)17/h9-11,13H,2-8H2,1H3,(H,14,17). The van der Waals surface area contributed by atoms with Crippen molar-refractivity contribution < 1.29 is 4.79 Å². The van der Waals surface area contributed by atoms with Gasteiger partial charge in [-0.2, -0.15) is 0 Å². The number of urea groups is 1. The Labute approximate surface area is 103 Å². The van der Waals surface area contributed by atoms with Gasteiger partial charge in [0.05, 0.1) is 6.04 Å². The van der Waals surface area contributed by atoms with E-state index in [1.165, 1.54) is 6.42 Å². The fraction of sp³-hybridized carbons (Fsp3) is 0.917. The van der Waals surface area contributed by atoms with Crippen LogP contribution in [0, 0.1) is 5.92 Å². The summed E-state index contributed by atoms with van der Waals surface area (Å²) in [6.07, 6.45) is 1.25. The fourth-order valence-electron chi connectivity index (χ4n) is 3.47. The van der Waals surface area contributed by atoms with Gasteiger partial charge in [0.2, 0.25) is 0 Å². The monoisotopic (exact) mass is 238 g/mol. The van der Waals surface area contributed by atoms with Gasteiger partial charge < -0.3 is 15.5 Å². The van der Waals surface area contributed by atoms with Gasteiger partial charge in [-0.15, -0.1) is 0 Å². The molecule has 3 rings (SSSR count). The number of nitrogens with one attached hydrogen (secondary N) is 2. The molecular formula is C12H22N4O. The van der Waals surface area contributed by atoms with Gasteiger partial charge in [0.15, 0.2) is 0 Å². The lowest BCUT2D eigenvalue weighted by Gasteiger charge is -2.44. The molecule has 0 aromatic heterocycles. The minimum atomic E-state index is 0.132. The van der Waals surface area contributed by atoms with Gasteiger partial charge >= 0.3 is 6.03 Å². The Hall–Kier alpha value is -0.810. The van der Waals surface area contributed by atoms with E-state index < -0.39 is 0 Å². The molecular weight excluding hydrogens is 216 g/mol. The summed E-state index contributed by atoms with van der Waals surface area (Å²) in [6.45, 7) is 8.42. The Bertz CT molecular complexity index is 309. The first kappa shape index (κ1) is 11.3. The lowest BCUT2D eigenvalue weighted by molar-refractivity contribution is 0.0535. The van der Waals surface area contributed by atoms with E-state index in [2.05, 4.69) is 22.5 Å². The lowest BCUT2D eigenvalue weighted by atomic mass is 9.92. The first-order valence-electron chi connectivity index (χ1n) is 6.75. The predicted molar refractivity (Wildman–Crippen MR) is 65.9 cm³/mol. The zero-order chi connectivity index (χ0) is 11.8. The first-order chi connectivity index (χ1) is 8.25. The number of rotatable bonds is 1. The number of piperazine rings is 1. The maximum absolute atomic E-state index is 11.5. The molecule has 0 bridgehead atoms. The van der Waals surface area contributed by atoms with Gasteiger partial charge in [0.25, 0.3) is 0 Å². The van der Waals surface area contributed by atoms with Gasteiger partial charge in [0.1, 0.15) is 0 Å². The minimum absolute atomic E-state index is 0.132. The van der Waals surface area contributed by atoms with Crippen molar-refractivity contribution >= 4 is 6.03 Å². The van der Waals surface area contributed by atoms with Crippen molar-refractivity contribution in [1.82, 2.24) is 20.4 Å². The Balaban J connectivity index is 1.64. The molecule has 3 unspecified atom stereocenters. The van der Waals surface area contributed by atoms with Crippen molar-refractivity contribution in [3.63, 3.8) is 0 Å². The highest BCUT2D eigenvalue weighted by Crippen LogP contribution is 2.22. The first-order valence-corrected chi connectivity index (χ1v) is 6.75. The van der Waals surface area contributed by atoms with E-state index in [0.29, 0.717) is 12.1 Å². The molecule has 0 aromatic rings. The summed E-state index contributed by atoms with van der Waals surface area (Å²) >= 11 is 0. The van der Waals surface area contributed by atoms with Crippen LogP contribution in [0.5, 0.6) is 0 Å². The Morgan fingerprint density at radius 1 is 1.29 bits per heavy atom. The van der Waals surface area contributed by atoms with Crippen molar-refractivity contribution in [2.45, 2.75) is 25.4 Å². The van der Waals surface area contributed by atoms with Crippen molar-refractivity contribution in [2.75, 3.05) is 39.3 Å². The fourth-order valence-corrected chi connectivity index (χ4v) is 3.47. The van der Waals surface area contributed by atoms with E-state index in [4.69, 9.17) is 0 Å². The number of carbonyl (C=O) groups excluding carboxylic acids is 1. The highest BCUT2D eigenvalue weighted by Gasteiger charge is 2.38. The smallest absolute Gasteiger partial charge is 0.317 e. The van der Waals surface area contributed by atoms with E-state index in [1.807, 2.05) is 4.90 Å². The summed E-state index contributed by atoms with van der Waals surface area (Å²) in [5.41, 5.74) is 0. The molecule has 0 aromatic carbocycles. The molecule has 2 N–H and O–H groups in total. The number of amides is 2. The zero-order valence-electron chi connectivity index (χ0n) is 10.5. The molecule has 3 heterocycles. The summed E-state index contributed by atoms with van der Waals surface area (Å²) in [6, 6.07) is 1.24. The average molecular weight is 238 g/mol. The van der Waals surface area contributed by atoms with Crippen LogP contribution in [-0.4, -0.2) is 67.2 Å². The van der Waals surface area contributed by atoms with E-state index in [9.17, 15) is 4.79 Å². The molecule has 0 aliphatic carbocycles. The maximum Gasteiger partial charge on any atom is 0.317 e. The molecule has 3 aliphatic rings. The summed E-state index contributed by atoms with van der Waals surface area (Å²) in [4.78, 5) is 16.1. The highest BCUT2D eigenvalue weighted by atomic mass is 16.2. The molecule has 5 nitrogen and oxygen atoms in total. The number of fused-ring (bicyclic) bond motifs is 1. The minimum Gasteiger partial charge on any atom is -0.336 e.